The maximum atomic E-state index is 13.9. The fraction of sp³-hybridized carbons (Fsp3) is 0.440. The van der Waals surface area contributed by atoms with Crippen LogP contribution in [0.15, 0.2) is 28.7 Å². The van der Waals surface area contributed by atoms with Crippen molar-refractivity contribution >= 4 is 67.7 Å². The van der Waals surface area contributed by atoms with Crippen molar-refractivity contribution in [2.45, 2.75) is 24.5 Å². The third-order valence-corrected chi connectivity index (χ3v) is 8.09. The zero-order valence-electron chi connectivity index (χ0n) is 21.6. The largest absolute Gasteiger partial charge is 0.510 e. The highest BCUT2D eigenvalue weighted by Gasteiger charge is 2.63. The van der Waals surface area contributed by atoms with Crippen molar-refractivity contribution in [3.8, 4) is 5.75 Å². The monoisotopic (exact) mass is 672 g/mol. The van der Waals surface area contributed by atoms with Gasteiger partial charge < -0.3 is 36.4 Å². The molecule has 3 aliphatic rings. The number of fused-ring (bicyclic) bond motifs is 3. The van der Waals surface area contributed by atoms with Crippen LogP contribution in [0.2, 0.25) is 0 Å². The highest BCUT2D eigenvalue weighted by Crippen LogP contribution is 2.53. The number of amides is 2. The number of phenolic OH excluding ortho intramolecular Hbond substituents is 1. The zero-order valence-corrected chi connectivity index (χ0v) is 24.9. The van der Waals surface area contributed by atoms with Crippen molar-refractivity contribution in [3.63, 3.8) is 0 Å². The molecule has 0 saturated heterocycles. The molecule has 7 N–H and O–H groups in total. The van der Waals surface area contributed by atoms with E-state index < -0.39 is 69.7 Å². The number of alkyl halides is 1. The average molecular weight is 674 g/mol. The molecule has 2 amide bonds. The van der Waals surface area contributed by atoms with Gasteiger partial charge in [0.15, 0.2) is 17.1 Å². The molecule has 39 heavy (non-hydrogen) atoms. The van der Waals surface area contributed by atoms with Gasteiger partial charge in [-0.05, 0) is 44.5 Å². The number of Topliss-reactive ketones (excluding diaryl/α,β-unsaturated/α-hetero) is 2. The van der Waals surface area contributed by atoms with Gasteiger partial charge in [0.25, 0.3) is 5.91 Å². The third-order valence-electron chi connectivity index (χ3n) is 7.58. The number of primary amides is 1. The number of nitrogens with zero attached hydrogens (tertiary/aromatic N) is 2. The fourth-order valence-electron chi connectivity index (χ4n) is 5.98. The van der Waals surface area contributed by atoms with Gasteiger partial charge >= 0.3 is 0 Å². The first-order chi connectivity index (χ1) is 17.7. The molecule has 0 aliphatic heterocycles. The number of halogens is 2. The molecule has 3 aliphatic carbocycles. The fourth-order valence-corrected chi connectivity index (χ4v) is 6.12. The predicted octanol–water partition coefficient (Wildman–Crippen LogP) is 1.10. The smallest absolute Gasteiger partial charge is 0.255 e. The Morgan fingerprint density at radius 1 is 1.18 bits per heavy atom. The third kappa shape index (κ3) is 4.42. The lowest BCUT2D eigenvalue weighted by molar-refractivity contribution is -0.148. The lowest BCUT2D eigenvalue weighted by atomic mass is 9.58. The van der Waals surface area contributed by atoms with E-state index in [1.165, 1.54) is 11.0 Å². The summed E-state index contributed by atoms with van der Waals surface area (Å²) >= 11 is 3.03. The zero-order chi connectivity index (χ0) is 28.4. The Kier molecular flexibility index (Phi) is 8.29. The number of carbonyl (C=O) groups is 4. The van der Waals surface area contributed by atoms with Crippen molar-refractivity contribution in [2.75, 3.05) is 43.7 Å². The highest BCUT2D eigenvalue weighted by molar-refractivity contribution is 9.09. The molecule has 1 aromatic carbocycles. The maximum absolute atomic E-state index is 13.9. The molecule has 4 atom stereocenters. The topological polar surface area (TPSA) is 194 Å². The number of phenols is 1. The number of hydrogen-bond donors (Lipinski definition) is 6. The van der Waals surface area contributed by atoms with Crippen molar-refractivity contribution < 1.29 is 39.6 Å². The van der Waals surface area contributed by atoms with Gasteiger partial charge in [-0.1, -0.05) is 15.9 Å². The minimum Gasteiger partial charge on any atom is -0.510 e. The normalized spacial score (nSPS) is 26.0. The minimum atomic E-state index is -2.72. The molecule has 0 spiro atoms. The van der Waals surface area contributed by atoms with E-state index in [1.807, 2.05) is 0 Å². The number of nitrogens with two attached hydrogens (primary N) is 1. The van der Waals surface area contributed by atoms with Crippen molar-refractivity contribution in [3.05, 3.63) is 39.9 Å². The first-order valence-corrected chi connectivity index (χ1v) is 12.9. The number of hydrogen-bond acceptors (Lipinski definition) is 10. The van der Waals surface area contributed by atoms with E-state index in [9.17, 15) is 39.6 Å². The highest BCUT2D eigenvalue weighted by atomic mass is 79.9. The second-order valence-electron chi connectivity index (χ2n) is 10.2. The van der Waals surface area contributed by atoms with Crippen LogP contribution in [0.4, 0.5) is 11.4 Å². The maximum Gasteiger partial charge on any atom is 0.255 e. The number of anilines is 2. The van der Waals surface area contributed by atoms with Gasteiger partial charge in [0.05, 0.1) is 22.6 Å². The summed E-state index contributed by atoms with van der Waals surface area (Å²) in [6.07, 6.45) is 0.129. The van der Waals surface area contributed by atoms with Crippen LogP contribution >= 0.6 is 32.9 Å². The molecular formula is C25H30Br2N4O8. The van der Waals surface area contributed by atoms with Gasteiger partial charge in [-0.3, -0.25) is 24.1 Å². The molecule has 0 saturated carbocycles. The van der Waals surface area contributed by atoms with Crippen molar-refractivity contribution in [2.24, 2.45) is 17.6 Å². The number of aromatic hydroxyl groups is 1. The molecule has 14 heteroatoms. The summed E-state index contributed by atoms with van der Waals surface area (Å²) in [5.41, 5.74) is 2.29. The van der Waals surface area contributed by atoms with Gasteiger partial charge in [0.2, 0.25) is 11.7 Å². The number of allylic oxidation sites excluding steroid dienone is 1. The number of aliphatic hydroxyl groups excluding tert-OH is 2. The molecule has 0 radical (unpaired) electrons. The molecule has 0 fully saturated rings. The molecule has 212 valence electrons. The Bertz CT molecular complexity index is 1360. The van der Waals surface area contributed by atoms with E-state index in [4.69, 9.17) is 5.73 Å². The molecule has 0 bridgehead atoms. The standard InChI is InChI=1S/C25H29BrN4O8.BrH/c1-29(2)13-7-12(28-14(31)8-26)19(32)16-10(13)5-9-6-11-18(30(3)4)21(34)17(24(27)37)23(36)25(11,38)22(35)15(9)20(16)33;/h7,9,11,18,32,34-35,38H,5-6,8H2,1-4H3,(H2,27,37)(H,28,31);1H/t9?,11?,18-,25-;/m0./s1. The first-order valence-electron chi connectivity index (χ1n) is 11.7. The summed E-state index contributed by atoms with van der Waals surface area (Å²) in [5, 5.41) is 47.4. The van der Waals surface area contributed by atoms with Crippen LogP contribution in [0, 0.1) is 11.8 Å². The van der Waals surface area contributed by atoms with Crippen LogP contribution < -0.4 is 16.0 Å². The molecule has 0 heterocycles. The van der Waals surface area contributed by atoms with Crippen LogP contribution in [0.5, 0.6) is 5.75 Å². The van der Waals surface area contributed by atoms with Crippen molar-refractivity contribution in [1.82, 2.24) is 4.90 Å². The second-order valence-corrected chi connectivity index (χ2v) is 10.7. The lowest BCUT2D eigenvalue weighted by Gasteiger charge is -2.50. The molecular weight excluding hydrogens is 644 g/mol. The Balaban J connectivity index is 0.00000420. The van der Waals surface area contributed by atoms with E-state index in [0.29, 0.717) is 11.3 Å². The van der Waals surface area contributed by atoms with Gasteiger partial charge in [-0.2, -0.15) is 0 Å². The summed E-state index contributed by atoms with van der Waals surface area (Å²) in [5.74, 6) is -7.78. The summed E-state index contributed by atoms with van der Waals surface area (Å²) in [4.78, 5) is 54.6. The number of carbonyl (C=O) groups excluding carboxylic acids is 4. The predicted molar refractivity (Wildman–Crippen MR) is 151 cm³/mol. The average Bonchev–Trinajstić information content (AvgIpc) is 2.82. The minimum absolute atomic E-state index is 0. The molecule has 2 unspecified atom stereocenters. The SMILES string of the molecule is Br.CN(C)c1cc(NC(=O)CBr)c(O)c2c1CC1CC3[C@H](N(C)C)C(O)=C(C(N)=O)C(=O)[C@@]3(O)C(O)=C1C2=O. The van der Waals surface area contributed by atoms with Gasteiger partial charge in [0.1, 0.15) is 17.1 Å². The van der Waals surface area contributed by atoms with E-state index in [-0.39, 0.29) is 52.0 Å². The molecule has 0 aromatic heterocycles. The van der Waals surface area contributed by atoms with E-state index in [2.05, 4.69) is 21.2 Å². The van der Waals surface area contributed by atoms with E-state index in [0.717, 1.165) is 0 Å². The Hall–Kier alpha value is -2.94. The lowest BCUT2D eigenvalue weighted by Crippen LogP contribution is -2.63. The summed E-state index contributed by atoms with van der Waals surface area (Å²) in [7, 11) is 6.59. The Morgan fingerprint density at radius 2 is 1.79 bits per heavy atom. The van der Waals surface area contributed by atoms with Crippen LogP contribution in [0.25, 0.3) is 0 Å². The quantitative estimate of drug-likeness (QED) is 0.150. The van der Waals surface area contributed by atoms with E-state index in [1.54, 1.807) is 33.1 Å². The second kappa shape index (κ2) is 10.6. The molecule has 1 aromatic rings. The Labute approximate surface area is 243 Å². The Morgan fingerprint density at radius 3 is 2.31 bits per heavy atom. The summed E-state index contributed by atoms with van der Waals surface area (Å²) < 4.78 is 0. The number of likely N-dealkylation sites (N-methyl/N-ethyl adjacent to an activating group) is 1. The summed E-state index contributed by atoms with van der Waals surface area (Å²) in [6, 6.07) is 0.472. The van der Waals surface area contributed by atoms with Crippen LogP contribution in [0.1, 0.15) is 22.3 Å². The number of ketones is 2. The first kappa shape index (κ1) is 30.6. The van der Waals surface area contributed by atoms with E-state index >= 15 is 0 Å². The van der Waals surface area contributed by atoms with Crippen molar-refractivity contribution in [1.29, 1.82) is 0 Å². The number of nitrogens with one attached hydrogen (secondary N) is 1. The van der Waals surface area contributed by atoms with Gasteiger partial charge in [0, 0.05) is 31.3 Å². The number of rotatable bonds is 5. The number of aliphatic hydroxyl groups is 3. The van der Waals surface area contributed by atoms with Gasteiger partial charge in [-0.15, -0.1) is 17.0 Å². The molecule has 4 rings (SSSR count). The molecule has 12 nitrogen and oxygen atoms in total. The summed E-state index contributed by atoms with van der Waals surface area (Å²) in [6.45, 7) is 0. The van der Waals surface area contributed by atoms with Crippen LogP contribution in [-0.2, 0) is 20.8 Å². The number of benzene rings is 1. The van der Waals surface area contributed by atoms with Crippen LogP contribution in [-0.4, -0.2) is 93.9 Å². The van der Waals surface area contributed by atoms with Crippen LogP contribution in [0.3, 0.4) is 0 Å². The van der Waals surface area contributed by atoms with Gasteiger partial charge in [-0.25, -0.2) is 0 Å².